The minimum Gasteiger partial charge on any atom is -0.381 e. The van der Waals surface area contributed by atoms with Gasteiger partial charge in [0.15, 0.2) is 5.82 Å². The van der Waals surface area contributed by atoms with Crippen LogP contribution in [-0.4, -0.2) is 20.0 Å². The predicted octanol–water partition coefficient (Wildman–Crippen LogP) is 2.33. The Hall–Kier alpha value is -2.43. The van der Waals surface area contributed by atoms with Crippen molar-refractivity contribution in [3.05, 3.63) is 47.8 Å². The second-order valence-electron chi connectivity index (χ2n) is 5.28. The molecule has 0 bridgehead atoms. The van der Waals surface area contributed by atoms with Crippen molar-refractivity contribution < 1.29 is 0 Å². The van der Waals surface area contributed by atoms with E-state index >= 15 is 0 Å². The van der Waals surface area contributed by atoms with Gasteiger partial charge in [-0.1, -0.05) is 23.4 Å². The van der Waals surface area contributed by atoms with Crippen LogP contribution in [0.3, 0.4) is 0 Å². The summed E-state index contributed by atoms with van der Waals surface area (Å²) in [5.74, 6) is 1.11. The van der Waals surface area contributed by atoms with Crippen LogP contribution >= 0.6 is 0 Å². The molecule has 1 aliphatic rings. The molecule has 0 saturated heterocycles. The van der Waals surface area contributed by atoms with Gasteiger partial charge in [0.2, 0.25) is 0 Å². The molecule has 0 unspecified atom stereocenters. The van der Waals surface area contributed by atoms with Gasteiger partial charge in [0, 0.05) is 17.5 Å². The van der Waals surface area contributed by atoms with E-state index in [0.29, 0.717) is 18.3 Å². The molecule has 5 heteroatoms. The van der Waals surface area contributed by atoms with Crippen molar-refractivity contribution in [3.63, 3.8) is 0 Å². The molecule has 1 saturated carbocycles. The molecule has 0 amide bonds. The standard InChI is InChI=1S/C15H15N5/c16-15-14(10-5-6-10)20(19-18-15)9-11-7-8-17-13-4-2-1-3-12(11)13/h1-4,7-8,10H,5-6,9,16H2. The lowest BCUT2D eigenvalue weighted by atomic mass is 10.1. The molecule has 0 radical (unpaired) electrons. The van der Waals surface area contributed by atoms with Crippen LogP contribution in [0.15, 0.2) is 36.5 Å². The zero-order valence-corrected chi connectivity index (χ0v) is 11.0. The highest BCUT2D eigenvalue weighted by Crippen LogP contribution is 2.42. The Kier molecular flexibility index (Phi) is 2.45. The molecule has 0 spiro atoms. The number of para-hydroxylation sites is 1. The lowest BCUT2D eigenvalue weighted by Crippen LogP contribution is -2.07. The smallest absolute Gasteiger partial charge is 0.169 e. The summed E-state index contributed by atoms with van der Waals surface area (Å²) in [4.78, 5) is 4.39. The van der Waals surface area contributed by atoms with Gasteiger partial charge < -0.3 is 5.73 Å². The first kappa shape index (κ1) is 11.4. The molecule has 3 aromatic rings. The zero-order chi connectivity index (χ0) is 13.5. The van der Waals surface area contributed by atoms with Crippen molar-refractivity contribution >= 4 is 16.7 Å². The van der Waals surface area contributed by atoms with Crippen LogP contribution in [-0.2, 0) is 6.54 Å². The Morgan fingerprint density at radius 2 is 2.05 bits per heavy atom. The van der Waals surface area contributed by atoms with E-state index in [1.165, 1.54) is 18.4 Å². The minimum atomic E-state index is 0.540. The number of anilines is 1. The van der Waals surface area contributed by atoms with Gasteiger partial charge in [-0.2, -0.15) is 0 Å². The maximum absolute atomic E-state index is 5.94. The van der Waals surface area contributed by atoms with E-state index in [9.17, 15) is 0 Å². The van der Waals surface area contributed by atoms with Gasteiger partial charge in [-0.3, -0.25) is 4.98 Å². The molecule has 2 N–H and O–H groups in total. The van der Waals surface area contributed by atoms with Crippen LogP contribution in [0.5, 0.6) is 0 Å². The fraction of sp³-hybridized carbons (Fsp3) is 0.267. The molecule has 1 aromatic carbocycles. The third kappa shape index (κ3) is 1.82. The predicted molar refractivity (Wildman–Crippen MR) is 77.3 cm³/mol. The topological polar surface area (TPSA) is 69.6 Å². The summed E-state index contributed by atoms with van der Waals surface area (Å²) in [7, 11) is 0. The SMILES string of the molecule is Nc1nnn(Cc2ccnc3ccccc23)c1C1CC1. The van der Waals surface area contributed by atoms with Crippen LogP contribution in [0.25, 0.3) is 10.9 Å². The maximum Gasteiger partial charge on any atom is 0.169 e. The number of pyridine rings is 1. The molecule has 2 aromatic heterocycles. The molecule has 5 nitrogen and oxygen atoms in total. The number of nitrogens with zero attached hydrogens (tertiary/aromatic N) is 4. The van der Waals surface area contributed by atoms with E-state index in [2.05, 4.69) is 21.4 Å². The molecular weight excluding hydrogens is 250 g/mol. The quantitative estimate of drug-likeness (QED) is 0.789. The van der Waals surface area contributed by atoms with Crippen LogP contribution < -0.4 is 5.73 Å². The summed E-state index contributed by atoms with van der Waals surface area (Å²) in [5, 5.41) is 9.39. The van der Waals surface area contributed by atoms with Gasteiger partial charge in [0.05, 0.1) is 17.8 Å². The van der Waals surface area contributed by atoms with Crippen molar-refractivity contribution in [2.24, 2.45) is 0 Å². The van der Waals surface area contributed by atoms with Crippen molar-refractivity contribution in [2.75, 3.05) is 5.73 Å². The molecule has 1 aliphatic carbocycles. The van der Waals surface area contributed by atoms with E-state index in [1.54, 1.807) is 0 Å². The summed E-state index contributed by atoms with van der Waals surface area (Å²) in [6.07, 6.45) is 4.22. The van der Waals surface area contributed by atoms with Crippen molar-refractivity contribution in [3.8, 4) is 0 Å². The summed E-state index contributed by atoms with van der Waals surface area (Å²) in [6.45, 7) is 0.694. The van der Waals surface area contributed by atoms with Crippen molar-refractivity contribution in [1.82, 2.24) is 20.0 Å². The fourth-order valence-electron chi connectivity index (χ4n) is 2.68. The van der Waals surface area contributed by atoms with Gasteiger partial charge in [-0.25, -0.2) is 4.68 Å². The second-order valence-corrected chi connectivity index (χ2v) is 5.28. The highest BCUT2D eigenvalue weighted by molar-refractivity contribution is 5.81. The highest BCUT2D eigenvalue weighted by Gasteiger charge is 2.30. The monoisotopic (exact) mass is 265 g/mol. The maximum atomic E-state index is 5.94. The normalized spacial score (nSPS) is 14.8. The number of aromatic nitrogens is 4. The fourth-order valence-corrected chi connectivity index (χ4v) is 2.68. The number of nitrogens with two attached hydrogens (primary N) is 1. The molecule has 100 valence electrons. The number of benzene rings is 1. The number of nitrogen functional groups attached to an aromatic ring is 1. The lowest BCUT2D eigenvalue weighted by Gasteiger charge is -2.08. The second kappa shape index (κ2) is 4.30. The van der Waals surface area contributed by atoms with E-state index in [4.69, 9.17) is 5.73 Å². The highest BCUT2D eigenvalue weighted by atomic mass is 15.4. The molecule has 20 heavy (non-hydrogen) atoms. The van der Waals surface area contributed by atoms with E-state index in [1.807, 2.05) is 35.1 Å². The molecule has 2 heterocycles. The van der Waals surface area contributed by atoms with E-state index in [-0.39, 0.29) is 0 Å². The van der Waals surface area contributed by atoms with Crippen molar-refractivity contribution in [2.45, 2.75) is 25.3 Å². The van der Waals surface area contributed by atoms with Crippen molar-refractivity contribution in [1.29, 1.82) is 0 Å². The van der Waals surface area contributed by atoms with Gasteiger partial charge in [0.1, 0.15) is 0 Å². The molecule has 4 rings (SSSR count). The van der Waals surface area contributed by atoms with Gasteiger partial charge in [0.25, 0.3) is 0 Å². The Labute approximate surface area is 116 Å². The van der Waals surface area contributed by atoms with Crippen LogP contribution in [0, 0.1) is 0 Å². The average molecular weight is 265 g/mol. The lowest BCUT2D eigenvalue weighted by molar-refractivity contribution is 0.621. The van der Waals surface area contributed by atoms with Crippen LogP contribution in [0.2, 0.25) is 0 Å². The van der Waals surface area contributed by atoms with Gasteiger partial charge in [-0.05, 0) is 30.5 Å². The zero-order valence-electron chi connectivity index (χ0n) is 11.0. The first-order chi connectivity index (χ1) is 9.83. The minimum absolute atomic E-state index is 0.540. The molecule has 0 atom stereocenters. The Morgan fingerprint density at radius 3 is 2.90 bits per heavy atom. The Morgan fingerprint density at radius 1 is 1.20 bits per heavy atom. The van der Waals surface area contributed by atoms with Gasteiger partial charge >= 0.3 is 0 Å². The first-order valence-electron chi connectivity index (χ1n) is 6.84. The van der Waals surface area contributed by atoms with E-state index < -0.39 is 0 Å². The summed E-state index contributed by atoms with van der Waals surface area (Å²) < 4.78 is 1.94. The third-order valence-corrected chi connectivity index (χ3v) is 3.82. The van der Waals surface area contributed by atoms with Gasteiger partial charge in [-0.15, -0.1) is 5.10 Å². The number of fused-ring (bicyclic) bond motifs is 1. The third-order valence-electron chi connectivity index (χ3n) is 3.82. The number of hydrogen-bond acceptors (Lipinski definition) is 4. The molecule has 1 fully saturated rings. The number of rotatable bonds is 3. The van der Waals surface area contributed by atoms with E-state index in [0.717, 1.165) is 16.6 Å². The molecule has 0 aliphatic heterocycles. The largest absolute Gasteiger partial charge is 0.381 e. The molecular formula is C15H15N5. The average Bonchev–Trinajstić information content (AvgIpc) is 3.24. The Balaban J connectivity index is 1.78. The number of hydrogen-bond donors (Lipinski definition) is 1. The van der Waals surface area contributed by atoms with Crippen LogP contribution in [0.1, 0.15) is 30.0 Å². The Bertz CT molecular complexity index is 768. The van der Waals surface area contributed by atoms with Crippen LogP contribution in [0.4, 0.5) is 5.82 Å². The first-order valence-corrected chi connectivity index (χ1v) is 6.84. The summed E-state index contributed by atoms with van der Waals surface area (Å²) in [5.41, 5.74) is 9.23. The summed E-state index contributed by atoms with van der Waals surface area (Å²) >= 11 is 0. The summed E-state index contributed by atoms with van der Waals surface area (Å²) in [6, 6.07) is 10.2.